The van der Waals surface area contributed by atoms with Crippen molar-refractivity contribution < 1.29 is 59.1 Å². The Morgan fingerprint density at radius 1 is 1.08 bits per heavy atom. The maximum Gasteiger partial charge on any atom is 0.225 e. The summed E-state index contributed by atoms with van der Waals surface area (Å²) in [6.45, 7) is 17.1. The van der Waals surface area contributed by atoms with E-state index >= 15 is 0 Å². The predicted molar refractivity (Wildman–Crippen MR) is 195 cm³/mol. The highest BCUT2D eigenvalue weighted by atomic mass is 16.7. The summed E-state index contributed by atoms with van der Waals surface area (Å²) in [5, 5.41) is 69.6. The number of aliphatic hydroxyl groups excluding tert-OH is 4. The van der Waals surface area contributed by atoms with Gasteiger partial charge in [0.05, 0.1) is 53.7 Å². The van der Waals surface area contributed by atoms with Gasteiger partial charge in [-0.3, -0.25) is 4.79 Å². The molecule has 308 valence electrons. The van der Waals surface area contributed by atoms with Crippen molar-refractivity contribution in [3.05, 3.63) is 0 Å². The quantitative estimate of drug-likeness (QED) is 0.0899. The SMILES string of the molecule is CC[C@@H](O)[C@@](C)(O)[C@H](O)[C@@H](C)NC(=O)[C@H](C)[C@@H](O[C@@H]1C[C@](C)(OC)[C@H](O)[C@@H](C)O1)[C@H](C)[C@@H](O[C@@H]1O[C@H](C)C[C@@H](N(C)C)[C@H]1O)[C@](C)(O)C[C@@H](C)CN. The van der Waals surface area contributed by atoms with Crippen molar-refractivity contribution in [3.63, 3.8) is 0 Å². The van der Waals surface area contributed by atoms with Crippen LogP contribution in [-0.2, 0) is 28.5 Å². The third kappa shape index (κ3) is 11.3. The van der Waals surface area contributed by atoms with Gasteiger partial charge in [0.2, 0.25) is 5.91 Å². The van der Waals surface area contributed by atoms with E-state index in [0.717, 1.165) is 0 Å². The highest BCUT2D eigenvalue weighted by molar-refractivity contribution is 5.79. The molecule has 1 amide bonds. The van der Waals surface area contributed by atoms with Crippen LogP contribution in [0.5, 0.6) is 0 Å². The lowest BCUT2D eigenvalue weighted by Crippen LogP contribution is -2.61. The van der Waals surface area contributed by atoms with E-state index in [4.69, 9.17) is 29.4 Å². The lowest BCUT2D eigenvalue weighted by molar-refractivity contribution is -0.317. The third-order valence-electron chi connectivity index (χ3n) is 11.5. The van der Waals surface area contributed by atoms with Crippen LogP contribution in [0.25, 0.3) is 0 Å². The number of nitrogens with two attached hydrogens (primary N) is 1. The number of hydrogen-bond donors (Lipinski definition) is 8. The van der Waals surface area contributed by atoms with Gasteiger partial charge in [0.15, 0.2) is 12.6 Å². The summed E-state index contributed by atoms with van der Waals surface area (Å²) in [7, 11) is 5.22. The molecule has 0 saturated carbocycles. The number of aliphatic hydroxyl groups is 6. The van der Waals surface area contributed by atoms with Crippen molar-refractivity contribution in [1.29, 1.82) is 0 Å². The van der Waals surface area contributed by atoms with Crippen LogP contribution in [0.4, 0.5) is 0 Å². The van der Waals surface area contributed by atoms with E-state index in [9.17, 15) is 35.4 Å². The fourth-order valence-corrected chi connectivity index (χ4v) is 7.88. The van der Waals surface area contributed by atoms with Crippen LogP contribution in [0.15, 0.2) is 0 Å². The van der Waals surface area contributed by atoms with E-state index in [-0.39, 0.29) is 37.3 Å². The molecule has 0 aromatic rings. The number of methoxy groups -OCH3 is 1. The molecule has 18 atom stereocenters. The molecule has 0 bridgehead atoms. The van der Waals surface area contributed by atoms with Gasteiger partial charge < -0.3 is 70.3 Å². The first-order valence-corrected chi connectivity index (χ1v) is 18.9. The lowest BCUT2D eigenvalue weighted by Gasteiger charge is -2.49. The Morgan fingerprint density at radius 3 is 2.19 bits per heavy atom. The number of hydrogen-bond acceptors (Lipinski definition) is 14. The number of nitrogens with zero attached hydrogens (tertiary/aromatic N) is 1. The Balaban J connectivity index is 2.61. The van der Waals surface area contributed by atoms with Crippen molar-refractivity contribution in [2.24, 2.45) is 23.5 Å². The average Bonchev–Trinajstić information content (AvgIpc) is 3.07. The van der Waals surface area contributed by atoms with Crippen LogP contribution in [0.1, 0.15) is 94.9 Å². The molecular formula is C37H73N3O12. The minimum atomic E-state index is -1.91. The maximum atomic E-state index is 14.1. The van der Waals surface area contributed by atoms with Gasteiger partial charge in [-0.1, -0.05) is 27.7 Å². The smallest absolute Gasteiger partial charge is 0.225 e. The second-order valence-corrected chi connectivity index (χ2v) is 16.6. The van der Waals surface area contributed by atoms with E-state index in [1.165, 1.54) is 21.0 Å². The molecule has 9 N–H and O–H groups in total. The van der Waals surface area contributed by atoms with Crippen molar-refractivity contribution >= 4 is 5.91 Å². The summed E-state index contributed by atoms with van der Waals surface area (Å²) in [6, 6.07) is -1.28. The zero-order chi connectivity index (χ0) is 40.1. The second-order valence-electron chi connectivity index (χ2n) is 16.6. The Morgan fingerprint density at radius 2 is 1.67 bits per heavy atom. The minimum Gasteiger partial charge on any atom is -0.390 e. The Labute approximate surface area is 311 Å². The molecule has 0 aromatic carbocycles. The number of ether oxygens (including phenoxy) is 5. The summed E-state index contributed by atoms with van der Waals surface area (Å²) in [6.07, 6.45) is -8.90. The molecule has 0 spiro atoms. The minimum absolute atomic E-state index is 0.109. The highest BCUT2D eigenvalue weighted by Crippen LogP contribution is 2.39. The summed E-state index contributed by atoms with van der Waals surface area (Å²) in [5.41, 5.74) is 1.47. The molecule has 0 aliphatic carbocycles. The van der Waals surface area contributed by atoms with Crippen LogP contribution >= 0.6 is 0 Å². The van der Waals surface area contributed by atoms with Crippen LogP contribution in [0, 0.1) is 17.8 Å². The molecule has 0 radical (unpaired) electrons. The first-order valence-electron chi connectivity index (χ1n) is 18.9. The predicted octanol–water partition coefficient (Wildman–Crippen LogP) is 0.479. The van der Waals surface area contributed by atoms with Crippen LogP contribution in [0.2, 0.25) is 0 Å². The second kappa shape index (κ2) is 19.2. The van der Waals surface area contributed by atoms with Crippen LogP contribution in [0.3, 0.4) is 0 Å². The maximum absolute atomic E-state index is 14.1. The first kappa shape index (κ1) is 47.1. The van der Waals surface area contributed by atoms with Crippen molar-refractivity contribution in [3.8, 4) is 0 Å². The largest absolute Gasteiger partial charge is 0.390 e. The summed E-state index contributed by atoms with van der Waals surface area (Å²) < 4.78 is 31.2. The van der Waals surface area contributed by atoms with Crippen molar-refractivity contribution in [1.82, 2.24) is 10.2 Å². The monoisotopic (exact) mass is 752 g/mol. The Kier molecular flexibility index (Phi) is 17.4. The molecule has 0 aromatic heterocycles. The summed E-state index contributed by atoms with van der Waals surface area (Å²) >= 11 is 0. The van der Waals surface area contributed by atoms with Gasteiger partial charge in [0, 0.05) is 25.5 Å². The topological polar surface area (TPSA) is 226 Å². The fourth-order valence-electron chi connectivity index (χ4n) is 7.88. The number of rotatable bonds is 19. The molecule has 52 heavy (non-hydrogen) atoms. The molecule has 2 aliphatic heterocycles. The fraction of sp³-hybridized carbons (Fsp3) is 0.973. The Hall–Kier alpha value is -1.05. The lowest BCUT2D eigenvalue weighted by atomic mass is 9.77. The first-order chi connectivity index (χ1) is 23.9. The van der Waals surface area contributed by atoms with Crippen LogP contribution in [-0.4, -0.2) is 159 Å². The number of carbonyl (C=O) groups is 1. The zero-order valence-corrected chi connectivity index (χ0v) is 33.9. The molecule has 15 nitrogen and oxygen atoms in total. The molecule has 2 fully saturated rings. The zero-order valence-electron chi connectivity index (χ0n) is 33.9. The molecule has 2 heterocycles. The van der Waals surface area contributed by atoms with E-state index in [1.807, 2.05) is 32.8 Å². The molecule has 2 rings (SSSR count). The average molecular weight is 752 g/mol. The molecule has 0 unspecified atom stereocenters. The number of nitrogens with one attached hydrogen (secondary N) is 1. The number of likely N-dealkylation sites (N-methyl/N-ethyl adjacent to an activating group) is 1. The highest BCUT2D eigenvalue weighted by Gasteiger charge is 2.51. The van der Waals surface area contributed by atoms with Gasteiger partial charge in [-0.2, -0.15) is 0 Å². The Bertz CT molecular complexity index is 1100. The van der Waals surface area contributed by atoms with Gasteiger partial charge in [-0.25, -0.2) is 0 Å². The van der Waals surface area contributed by atoms with Crippen LogP contribution < -0.4 is 11.1 Å². The molecular weight excluding hydrogens is 678 g/mol. The van der Waals surface area contributed by atoms with E-state index in [2.05, 4.69) is 5.32 Å². The normalized spacial score (nSPS) is 35.7. The number of amides is 1. The van der Waals surface area contributed by atoms with Crippen molar-refractivity contribution in [2.75, 3.05) is 27.7 Å². The standard InChI is InChI=1S/C37H73N3O12/c1-14-26(41)37(10,47)30(43)23(6)39-33(45)22(5)29(51-27-17-36(9,48-13)31(44)24(7)50-27)21(4)32(35(8,46)16-19(2)18-38)52-34-28(42)25(40(11)12)15-20(3)49-34/h19-32,34,41-44,46-47H,14-18,38H2,1-13H3,(H,39,45)/t19-,20-,21+,22-,23-,24-,25-,26-,27-,28-,29+,30-,31-,32-,34+,35-,36+,37-/m1/s1. The number of carbonyl (C=O) groups excluding carboxylic acids is 1. The van der Waals surface area contributed by atoms with Gasteiger partial charge in [0.1, 0.15) is 23.9 Å². The van der Waals surface area contributed by atoms with E-state index < -0.39 is 95.9 Å². The van der Waals surface area contributed by atoms with Gasteiger partial charge >= 0.3 is 0 Å². The van der Waals surface area contributed by atoms with Crippen molar-refractivity contribution in [2.45, 2.75) is 185 Å². The summed E-state index contributed by atoms with van der Waals surface area (Å²) in [5.74, 6) is -2.44. The van der Waals surface area contributed by atoms with Gasteiger partial charge in [0.25, 0.3) is 0 Å². The third-order valence-corrected chi connectivity index (χ3v) is 11.5. The van der Waals surface area contributed by atoms with E-state index in [0.29, 0.717) is 13.0 Å². The van der Waals surface area contributed by atoms with Gasteiger partial charge in [-0.15, -0.1) is 0 Å². The van der Waals surface area contributed by atoms with E-state index in [1.54, 1.807) is 41.5 Å². The van der Waals surface area contributed by atoms with Gasteiger partial charge in [-0.05, 0) is 87.4 Å². The molecule has 2 aliphatic rings. The summed E-state index contributed by atoms with van der Waals surface area (Å²) in [4.78, 5) is 16.0. The molecule has 2 saturated heterocycles. The molecule has 15 heteroatoms.